The average molecular weight is 220 g/mol. The van der Waals surface area contributed by atoms with Crippen LogP contribution in [0.5, 0.6) is 0 Å². The van der Waals surface area contributed by atoms with Crippen LogP contribution in [0.3, 0.4) is 0 Å². The van der Waals surface area contributed by atoms with Gasteiger partial charge in [-0.05, 0) is 30.0 Å². The van der Waals surface area contributed by atoms with E-state index in [1.807, 2.05) is 23.1 Å². The first-order chi connectivity index (χ1) is 6.86. The Hall–Kier alpha value is -0.730. The SMILES string of the molecule is Cc1ccccc1SCc1cccs1. The number of aryl methyl sites for hydroxylation is 1. The number of hydrogen-bond donors (Lipinski definition) is 0. The highest BCUT2D eigenvalue weighted by molar-refractivity contribution is 7.98. The van der Waals surface area contributed by atoms with E-state index in [4.69, 9.17) is 0 Å². The molecular formula is C12H12S2. The van der Waals surface area contributed by atoms with Crippen molar-refractivity contribution < 1.29 is 0 Å². The quantitative estimate of drug-likeness (QED) is 0.693. The van der Waals surface area contributed by atoms with Gasteiger partial charge in [-0.2, -0.15) is 0 Å². The molecule has 2 aromatic rings. The molecule has 1 aromatic carbocycles. The van der Waals surface area contributed by atoms with Crippen LogP contribution in [0.2, 0.25) is 0 Å². The molecule has 0 saturated carbocycles. The Morgan fingerprint density at radius 2 is 2.00 bits per heavy atom. The lowest BCUT2D eigenvalue weighted by atomic mass is 10.2. The highest BCUT2D eigenvalue weighted by Crippen LogP contribution is 2.27. The first kappa shape index (κ1) is 9.81. The van der Waals surface area contributed by atoms with Crippen LogP contribution in [0, 0.1) is 6.92 Å². The summed E-state index contributed by atoms with van der Waals surface area (Å²) in [6, 6.07) is 12.8. The maximum atomic E-state index is 2.19. The van der Waals surface area contributed by atoms with Crippen LogP contribution in [0.4, 0.5) is 0 Å². The summed E-state index contributed by atoms with van der Waals surface area (Å²) >= 11 is 3.74. The molecule has 0 aliphatic carbocycles. The summed E-state index contributed by atoms with van der Waals surface area (Å²) in [7, 11) is 0. The summed E-state index contributed by atoms with van der Waals surface area (Å²) in [5.74, 6) is 1.09. The summed E-state index contributed by atoms with van der Waals surface area (Å²) in [5.41, 5.74) is 1.37. The molecule has 0 amide bonds. The van der Waals surface area contributed by atoms with Crippen molar-refractivity contribution in [1.82, 2.24) is 0 Å². The van der Waals surface area contributed by atoms with Gasteiger partial charge in [-0.3, -0.25) is 0 Å². The van der Waals surface area contributed by atoms with Crippen molar-refractivity contribution in [3.05, 3.63) is 52.2 Å². The van der Waals surface area contributed by atoms with Crippen molar-refractivity contribution in [3.8, 4) is 0 Å². The number of hydrogen-bond acceptors (Lipinski definition) is 2. The standard InChI is InChI=1S/C12H12S2/c1-10-5-2-3-7-12(10)14-9-11-6-4-8-13-11/h2-8H,9H2,1H3. The molecule has 1 heterocycles. The largest absolute Gasteiger partial charge is 0.148 e. The fourth-order valence-electron chi connectivity index (χ4n) is 1.26. The molecule has 0 unspecified atom stereocenters. The lowest BCUT2D eigenvalue weighted by molar-refractivity contribution is 1.30. The molecule has 0 aliphatic rings. The maximum absolute atomic E-state index is 2.19. The van der Waals surface area contributed by atoms with Crippen LogP contribution >= 0.6 is 23.1 Å². The fraction of sp³-hybridized carbons (Fsp3) is 0.167. The lowest BCUT2D eigenvalue weighted by Gasteiger charge is -2.03. The molecular weight excluding hydrogens is 208 g/mol. The minimum atomic E-state index is 1.09. The Balaban J connectivity index is 2.02. The zero-order chi connectivity index (χ0) is 9.80. The fourth-order valence-corrected chi connectivity index (χ4v) is 3.06. The van der Waals surface area contributed by atoms with E-state index < -0.39 is 0 Å². The Morgan fingerprint density at radius 1 is 1.14 bits per heavy atom. The monoisotopic (exact) mass is 220 g/mol. The van der Waals surface area contributed by atoms with Crippen LogP contribution in [0.25, 0.3) is 0 Å². The minimum absolute atomic E-state index is 1.09. The van der Waals surface area contributed by atoms with Crippen molar-refractivity contribution in [2.24, 2.45) is 0 Å². The van der Waals surface area contributed by atoms with Gasteiger partial charge in [0.15, 0.2) is 0 Å². The van der Waals surface area contributed by atoms with E-state index >= 15 is 0 Å². The second kappa shape index (κ2) is 4.67. The van der Waals surface area contributed by atoms with Crippen molar-refractivity contribution in [2.45, 2.75) is 17.6 Å². The van der Waals surface area contributed by atoms with Gasteiger partial charge in [0.1, 0.15) is 0 Å². The van der Waals surface area contributed by atoms with Crippen molar-refractivity contribution in [2.75, 3.05) is 0 Å². The van der Waals surface area contributed by atoms with E-state index in [9.17, 15) is 0 Å². The van der Waals surface area contributed by atoms with E-state index in [-0.39, 0.29) is 0 Å². The topological polar surface area (TPSA) is 0 Å². The highest BCUT2D eigenvalue weighted by atomic mass is 32.2. The summed E-state index contributed by atoms with van der Waals surface area (Å²) in [4.78, 5) is 2.83. The molecule has 0 atom stereocenters. The van der Waals surface area contributed by atoms with Crippen molar-refractivity contribution in [1.29, 1.82) is 0 Å². The molecule has 72 valence electrons. The van der Waals surface area contributed by atoms with Gasteiger partial charge in [0.2, 0.25) is 0 Å². The molecule has 2 heteroatoms. The molecule has 0 radical (unpaired) electrons. The third-order valence-corrected chi connectivity index (χ3v) is 4.33. The Morgan fingerprint density at radius 3 is 2.71 bits per heavy atom. The number of rotatable bonds is 3. The van der Waals surface area contributed by atoms with Gasteiger partial charge >= 0.3 is 0 Å². The third kappa shape index (κ3) is 2.40. The first-order valence-corrected chi connectivity index (χ1v) is 6.43. The summed E-state index contributed by atoms with van der Waals surface area (Å²) in [5, 5.41) is 2.13. The van der Waals surface area contributed by atoms with Gasteiger partial charge in [-0.25, -0.2) is 0 Å². The zero-order valence-electron chi connectivity index (χ0n) is 8.07. The van der Waals surface area contributed by atoms with Crippen LogP contribution in [-0.4, -0.2) is 0 Å². The van der Waals surface area contributed by atoms with E-state index in [0.29, 0.717) is 0 Å². The number of thioether (sulfide) groups is 1. The van der Waals surface area contributed by atoms with Crippen LogP contribution in [0.15, 0.2) is 46.7 Å². The first-order valence-electron chi connectivity index (χ1n) is 4.57. The molecule has 0 aliphatic heterocycles. The lowest BCUT2D eigenvalue weighted by Crippen LogP contribution is -1.79. The molecule has 0 saturated heterocycles. The van der Waals surface area contributed by atoms with E-state index in [1.54, 1.807) is 0 Å². The summed E-state index contributed by atoms with van der Waals surface area (Å²) in [6.07, 6.45) is 0. The molecule has 14 heavy (non-hydrogen) atoms. The van der Waals surface area contributed by atoms with Gasteiger partial charge in [0, 0.05) is 15.5 Å². The van der Waals surface area contributed by atoms with Gasteiger partial charge in [-0.1, -0.05) is 24.3 Å². The zero-order valence-corrected chi connectivity index (χ0v) is 9.70. The second-order valence-corrected chi connectivity index (χ2v) is 5.18. The van der Waals surface area contributed by atoms with E-state index in [2.05, 4.69) is 48.7 Å². The predicted octanol–water partition coefficient (Wildman–Crippen LogP) is 4.35. The van der Waals surface area contributed by atoms with Gasteiger partial charge in [-0.15, -0.1) is 23.1 Å². The molecule has 2 rings (SSSR count). The number of thiophene rings is 1. The van der Waals surface area contributed by atoms with Crippen molar-refractivity contribution >= 4 is 23.1 Å². The van der Waals surface area contributed by atoms with Crippen LogP contribution in [-0.2, 0) is 5.75 Å². The Bertz CT molecular complexity index is 390. The average Bonchev–Trinajstić information content (AvgIpc) is 2.69. The smallest absolute Gasteiger partial charge is 0.0326 e. The Labute approximate surface area is 93.0 Å². The molecule has 0 nitrogen and oxygen atoms in total. The molecule has 0 spiro atoms. The van der Waals surface area contributed by atoms with Gasteiger partial charge in [0.05, 0.1) is 0 Å². The Kier molecular flexibility index (Phi) is 3.27. The molecule has 1 aromatic heterocycles. The number of benzene rings is 1. The van der Waals surface area contributed by atoms with Crippen molar-refractivity contribution in [3.63, 3.8) is 0 Å². The summed E-state index contributed by atoms with van der Waals surface area (Å²) < 4.78 is 0. The summed E-state index contributed by atoms with van der Waals surface area (Å²) in [6.45, 7) is 2.16. The highest BCUT2D eigenvalue weighted by Gasteiger charge is 1.99. The van der Waals surface area contributed by atoms with E-state index in [1.165, 1.54) is 15.3 Å². The normalized spacial score (nSPS) is 10.4. The molecule has 0 bridgehead atoms. The maximum Gasteiger partial charge on any atom is 0.0326 e. The van der Waals surface area contributed by atoms with Crippen LogP contribution in [0.1, 0.15) is 10.4 Å². The van der Waals surface area contributed by atoms with Crippen LogP contribution < -0.4 is 0 Å². The molecule has 0 N–H and O–H groups in total. The second-order valence-electron chi connectivity index (χ2n) is 3.13. The minimum Gasteiger partial charge on any atom is -0.148 e. The van der Waals surface area contributed by atoms with Gasteiger partial charge < -0.3 is 0 Å². The van der Waals surface area contributed by atoms with Gasteiger partial charge in [0.25, 0.3) is 0 Å². The predicted molar refractivity (Wildman–Crippen MR) is 65.1 cm³/mol. The molecule has 0 fully saturated rings. The van der Waals surface area contributed by atoms with E-state index in [0.717, 1.165) is 5.75 Å². The third-order valence-electron chi connectivity index (χ3n) is 2.04.